The van der Waals surface area contributed by atoms with E-state index in [0.717, 1.165) is 23.3 Å². The van der Waals surface area contributed by atoms with Crippen LogP contribution in [0.5, 0.6) is 5.75 Å². The molecule has 2 aromatic carbocycles. The molecule has 0 saturated heterocycles. The maximum absolute atomic E-state index is 13.3. The molecule has 6 nitrogen and oxygen atoms in total. The summed E-state index contributed by atoms with van der Waals surface area (Å²) in [5.74, 6) is 1.80. The number of nitrogens with zero attached hydrogens (tertiary/aromatic N) is 3. The Morgan fingerprint density at radius 1 is 1.21 bits per heavy atom. The zero-order valence-electron chi connectivity index (χ0n) is 16.4. The van der Waals surface area contributed by atoms with Crippen LogP contribution in [0, 0.1) is 5.82 Å². The number of guanidine groups is 1. The standard InChI is InChI=1S/C21H26FN5O/c1-4-16(28-17-9-7-8-15(22)12-17)13-24-21(23-2)25-14-20-26-18-10-5-6-11-19(18)27(20)3/h5-12,16H,4,13-14H2,1-3H3,(H2,23,24,25). The third-order valence-corrected chi connectivity index (χ3v) is 4.57. The molecule has 0 radical (unpaired) electrons. The van der Waals surface area contributed by atoms with Gasteiger partial charge in [0.05, 0.1) is 24.1 Å². The second-order valence-electron chi connectivity index (χ2n) is 6.49. The van der Waals surface area contributed by atoms with Gasteiger partial charge in [0.1, 0.15) is 23.5 Å². The number of imidazole rings is 1. The number of nitrogens with one attached hydrogen (secondary N) is 2. The average molecular weight is 383 g/mol. The normalized spacial score (nSPS) is 12.8. The fourth-order valence-electron chi connectivity index (χ4n) is 2.95. The van der Waals surface area contributed by atoms with E-state index >= 15 is 0 Å². The van der Waals surface area contributed by atoms with Crippen LogP contribution in [-0.2, 0) is 13.6 Å². The fourth-order valence-corrected chi connectivity index (χ4v) is 2.95. The number of benzene rings is 2. The highest BCUT2D eigenvalue weighted by Gasteiger charge is 2.11. The number of fused-ring (bicyclic) bond motifs is 1. The number of hydrogen-bond donors (Lipinski definition) is 2. The molecule has 0 bridgehead atoms. The molecule has 1 aromatic heterocycles. The predicted molar refractivity (Wildman–Crippen MR) is 110 cm³/mol. The number of aryl methyl sites for hydroxylation is 1. The Kier molecular flexibility index (Phi) is 6.47. The quantitative estimate of drug-likeness (QED) is 0.486. The maximum atomic E-state index is 13.3. The van der Waals surface area contributed by atoms with Gasteiger partial charge in [-0.2, -0.15) is 0 Å². The van der Waals surface area contributed by atoms with Gasteiger partial charge in [-0.05, 0) is 30.7 Å². The van der Waals surface area contributed by atoms with Gasteiger partial charge in [0.2, 0.25) is 0 Å². The highest BCUT2D eigenvalue weighted by Crippen LogP contribution is 2.15. The van der Waals surface area contributed by atoms with Gasteiger partial charge in [0, 0.05) is 20.2 Å². The molecule has 3 rings (SSSR count). The monoisotopic (exact) mass is 383 g/mol. The average Bonchev–Trinajstić information content (AvgIpc) is 3.03. The van der Waals surface area contributed by atoms with Crippen molar-refractivity contribution in [3.63, 3.8) is 0 Å². The lowest BCUT2D eigenvalue weighted by molar-refractivity contribution is 0.198. The van der Waals surface area contributed by atoms with Crippen LogP contribution in [0.1, 0.15) is 19.2 Å². The Morgan fingerprint density at radius 2 is 2.04 bits per heavy atom. The summed E-state index contributed by atoms with van der Waals surface area (Å²) in [5, 5.41) is 6.54. The van der Waals surface area contributed by atoms with Crippen LogP contribution in [0.25, 0.3) is 11.0 Å². The lowest BCUT2D eigenvalue weighted by Gasteiger charge is -2.20. The van der Waals surface area contributed by atoms with Crippen LogP contribution in [0.4, 0.5) is 4.39 Å². The molecule has 0 amide bonds. The SMILES string of the molecule is CCC(CNC(=NC)NCc1nc2ccccc2n1C)Oc1cccc(F)c1. The number of ether oxygens (including phenoxy) is 1. The molecule has 2 N–H and O–H groups in total. The lowest BCUT2D eigenvalue weighted by Crippen LogP contribution is -2.42. The van der Waals surface area contributed by atoms with Crippen LogP contribution in [0.15, 0.2) is 53.5 Å². The number of hydrogen-bond acceptors (Lipinski definition) is 3. The first kappa shape index (κ1) is 19.7. The van der Waals surface area contributed by atoms with Gasteiger partial charge in [-0.25, -0.2) is 9.37 Å². The Morgan fingerprint density at radius 3 is 2.75 bits per heavy atom. The summed E-state index contributed by atoms with van der Waals surface area (Å²) in [6, 6.07) is 14.2. The van der Waals surface area contributed by atoms with Crippen LogP contribution >= 0.6 is 0 Å². The van der Waals surface area contributed by atoms with E-state index in [1.54, 1.807) is 19.2 Å². The maximum Gasteiger partial charge on any atom is 0.191 e. The molecule has 1 atom stereocenters. The molecular formula is C21H26FN5O. The van der Waals surface area contributed by atoms with Crippen LogP contribution in [0.3, 0.4) is 0 Å². The van der Waals surface area contributed by atoms with Crippen molar-refractivity contribution in [2.75, 3.05) is 13.6 Å². The summed E-state index contributed by atoms with van der Waals surface area (Å²) in [7, 11) is 3.72. The minimum absolute atomic E-state index is 0.101. The molecule has 0 aliphatic rings. The molecule has 0 fully saturated rings. The van der Waals surface area contributed by atoms with Crippen molar-refractivity contribution >= 4 is 17.0 Å². The summed E-state index contributed by atoms with van der Waals surface area (Å²) >= 11 is 0. The molecule has 3 aromatic rings. The van der Waals surface area contributed by atoms with Crippen molar-refractivity contribution < 1.29 is 9.13 Å². The molecular weight excluding hydrogens is 357 g/mol. The zero-order valence-corrected chi connectivity index (χ0v) is 16.4. The molecule has 0 aliphatic heterocycles. The van der Waals surface area contributed by atoms with Gasteiger partial charge in [0.15, 0.2) is 5.96 Å². The van der Waals surface area contributed by atoms with Crippen molar-refractivity contribution in [3.8, 4) is 5.75 Å². The molecule has 1 unspecified atom stereocenters. The fraction of sp³-hybridized carbons (Fsp3) is 0.333. The van der Waals surface area contributed by atoms with E-state index in [9.17, 15) is 4.39 Å². The molecule has 7 heteroatoms. The molecule has 0 saturated carbocycles. The van der Waals surface area contributed by atoms with Crippen LogP contribution in [0.2, 0.25) is 0 Å². The summed E-state index contributed by atoms with van der Waals surface area (Å²) in [6.07, 6.45) is 0.682. The first-order valence-electron chi connectivity index (χ1n) is 9.37. The minimum Gasteiger partial charge on any atom is -0.489 e. The third-order valence-electron chi connectivity index (χ3n) is 4.57. The second kappa shape index (κ2) is 9.21. The summed E-state index contributed by atoms with van der Waals surface area (Å²) in [4.78, 5) is 8.91. The van der Waals surface area contributed by atoms with Gasteiger partial charge in [-0.3, -0.25) is 4.99 Å². The van der Waals surface area contributed by atoms with E-state index in [-0.39, 0.29) is 11.9 Å². The summed E-state index contributed by atoms with van der Waals surface area (Å²) in [6.45, 7) is 3.13. The van der Waals surface area contributed by atoms with Crippen molar-refractivity contribution in [1.29, 1.82) is 0 Å². The van der Waals surface area contributed by atoms with Crippen molar-refractivity contribution in [2.45, 2.75) is 26.0 Å². The topological polar surface area (TPSA) is 63.5 Å². The van der Waals surface area contributed by atoms with Crippen LogP contribution < -0.4 is 15.4 Å². The first-order valence-corrected chi connectivity index (χ1v) is 9.37. The largest absolute Gasteiger partial charge is 0.489 e. The Labute approximate surface area is 164 Å². The molecule has 28 heavy (non-hydrogen) atoms. The molecule has 1 heterocycles. The first-order chi connectivity index (χ1) is 13.6. The highest BCUT2D eigenvalue weighted by molar-refractivity contribution is 5.80. The predicted octanol–water partition coefficient (Wildman–Crippen LogP) is 3.24. The Hall–Kier alpha value is -3.09. The van der Waals surface area contributed by atoms with E-state index in [0.29, 0.717) is 24.8 Å². The number of rotatable bonds is 7. The van der Waals surface area contributed by atoms with Gasteiger partial charge in [-0.15, -0.1) is 0 Å². The van der Waals surface area contributed by atoms with Crippen molar-refractivity contribution in [2.24, 2.45) is 12.0 Å². The highest BCUT2D eigenvalue weighted by atomic mass is 19.1. The lowest BCUT2D eigenvalue weighted by atomic mass is 10.2. The summed E-state index contributed by atoms with van der Waals surface area (Å²) in [5.41, 5.74) is 2.07. The number of aromatic nitrogens is 2. The van der Waals surface area contributed by atoms with Crippen molar-refractivity contribution in [1.82, 2.24) is 20.2 Å². The van der Waals surface area contributed by atoms with Gasteiger partial charge in [0.25, 0.3) is 0 Å². The van der Waals surface area contributed by atoms with E-state index in [4.69, 9.17) is 4.74 Å². The van der Waals surface area contributed by atoms with Gasteiger partial charge < -0.3 is 19.9 Å². The third kappa shape index (κ3) is 4.79. The Balaban J connectivity index is 1.55. The number of halogens is 1. The van der Waals surface area contributed by atoms with E-state index < -0.39 is 0 Å². The molecule has 148 valence electrons. The van der Waals surface area contributed by atoms with E-state index in [2.05, 4.69) is 31.2 Å². The molecule has 0 aliphatic carbocycles. The van der Waals surface area contributed by atoms with E-state index in [1.807, 2.05) is 32.2 Å². The van der Waals surface area contributed by atoms with Gasteiger partial charge in [-0.1, -0.05) is 25.1 Å². The molecule has 0 spiro atoms. The smallest absolute Gasteiger partial charge is 0.191 e. The summed E-state index contributed by atoms with van der Waals surface area (Å²) < 4.78 is 21.3. The minimum atomic E-state index is -0.305. The van der Waals surface area contributed by atoms with Crippen LogP contribution in [-0.4, -0.2) is 35.2 Å². The van der Waals surface area contributed by atoms with Gasteiger partial charge >= 0.3 is 0 Å². The number of para-hydroxylation sites is 2. The number of aliphatic imine (C=N–C) groups is 1. The second-order valence-corrected chi connectivity index (χ2v) is 6.49. The Bertz CT molecular complexity index is 953. The van der Waals surface area contributed by atoms with E-state index in [1.165, 1.54) is 12.1 Å². The van der Waals surface area contributed by atoms with Crippen molar-refractivity contribution in [3.05, 3.63) is 60.2 Å². The zero-order chi connectivity index (χ0) is 19.9.